The summed E-state index contributed by atoms with van der Waals surface area (Å²) in [6, 6.07) is 6.64. The molecule has 38 heavy (non-hydrogen) atoms. The SMILES string of the molecule is CC1(C)S[C@@H]2C(NC(=O)C(NC(=O)c3nc4cc(Br)cnc4[nH]c3=O)c3ccccc3)C(=O)N2[C@H]1C(=O)O. The maximum Gasteiger partial charge on any atom is 0.327 e. The number of thioether (sulfide) groups is 1. The van der Waals surface area contributed by atoms with Crippen molar-refractivity contribution < 1.29 is 24.3 Å². The fourth-order valence-corrected chi connectivity index (χ4v) is 6.57. The van der Waals surface area contributed by atoms with Gasteiger partial charge in [-0.2, -0.15) is 0 Å². The van der Waals surface area contributed by atoms with Gasteiger partial charge in [-0.3, -0.25) is 19.2 Å². The Hall–Kier alpha value is -3.78. The lowest BCUT2D eigenvalue weighted by atomic mass is 9.95. The number of carboxylic acids is 1. The van der Waals surface area contributed by atoms with Crippen LogP contribution in [0.2, 0.25) is 0 Å². The molecular weight excluding hydrogens is 580 g/mol. The normalized spacial score (nSPS) is 22.3. The number of benzene rings is 1. The van der Waals surface area contributed by atoms with Crippen molar-refractivity contribution >= 4 is 62.5 Å². The zero-order valence-corrected chi connectivity index (χ0v) is 22.4. The van der Waals surface area contributed by atoms with Gasteiger partial charge in [0.1, 0.15) is 29.0 Å². The summed E-state index contributed by atoms with van der Waals surface area (Å²) in [5, 5.41) is 14.3. The van der Waals surface area contributed by atoms with Crippen molar-refractivity contribution in [1.29, 1.82) is 0 Å². The first-order valence-corrected chi connectivity index (χ1v) is 13.1. The number of aromatic amines is 1. The number of nitrogens with zero attached hydrogens (tertiary/aromatic N) is 3. The summed E-state index contributed by atoms with van der Waals surface area (Å²) in [6.07, 6.45) is 1.47. The largest absolute Gasteiger partial charge is 0.480 e. The van der Waals surface area contributed by atoms with Crippen molar-refractivity contribution in [2.45, 2.75) is 42.1 Å². The number of nitrogens with one attached hydrogen (secondary N) is 3. The second kappa shape index (κ2) is 9.51. The van der Waals surface area contributed by atoms with Crippen LogP contribution in [0, 0.1) is 0 Å². The molecule has 1 aromatic carbocycles. The molecule has 196 valence electrons. The summed E-state index contributed by atoms with van der Waals surface area (Å²) in [7, 11) is 0. The number of H-pyrrole nitrogens is 1. The van der Waals surface area contributed by atoms with E-state index in [4.69, 9.17) is 0 Å². The molecule has 2 aliphatic rings. The molecule has 0 spiro atoms. The second-order valence-corrected chi connectivity index (χ2v) is 12.0. The molecule has 2 fully saturated rings. The Bertz CT molecular complexity index is 1550. The molecule has 4 heterocycles. The van der Waals surface area contributed by atoms with E-state index in [-0.39, 0.29) is 11.2 Å². The third-order valence-corrected chi connectivity index (χ3v) is 8.38. The fraction of sp³-hybridized carbons (Fsp3) is 0.292. The number of aliphatic carboxylic acids is 1. The number of carbonyl (C=O) groups excluding carboxylic acids is 3. The van der Waals surface area contributed by atoms with Crippen molar-refractivity contribution in [2.75, 3.05) is 0 Å². The average Bonchev–Trinajstić information content (AvgIpc) is 3.13. The number of hydrogen-bond donors (Lipinski definition) is 4. The molecule has 2 aliphatic heterocycles. The average molecular weight is 601 g/mol. The Balaban J connectivity index is 1.40. The molecule has 0 aliphatic carbocycles. The van der Waals surface area contributed by atoms with E-state index in [9.17, 15) is 29.1 Å². The lowest BCUT2D eigenvalue weighted by molar-refractivity contribution is -0.161. The summed E-state index contributed by atoms with van der Waals surface area (Å²) in [5.41, 5.74) is -0.386. The van der Waals surface area contributed by atoms with Gasteiger partial charge in [0.15, 0.2) is 11.3 Å². The molecule has 0 bridgehead atoms. The number of rotatable bonds is 6. The molecule has 4 atom stereocenters. The Morgan fingerprint density at radius 1 is 1.21 bits per heavy atom. The Kier molecular flexibility index (Phi) is 6.47. The van der Waals surface area contributed by atoms with Gasteiger partial charge in [0.25, 0.3) is 11.5 Å². The smallest absolute Gasteiger partial charge is 0.327 e. The number of hydrogen-bond acceptors (Lipinski definition) is 8. The predicted molar refractivity (Wildman–Crippen MR) is 140 cm³/mol. The van der Waals surface area contributed by atoms with Crippen molar-refractivity contribution in [3.8, 4) is 0 Å². The maximum atomic E-state index is 13.4. The van der Waals surface area contributed by atoms with E-state index in [1.54, 1.807) is 50.2 Å². The number of carbonyl (C=O) groups is 4. The van der Waals surface area contributed by atoms with E-state index in [0.717, 1.165) is 0 Å². The lowest BCUT2D eigenvalue weighted by Crippen LogP contribution is -2.71. The summed E-state index contributed by atoms with van der Waals surface area (Å²) in [4.78, 5) is 75.7. The van der Waals surface area contributed by atoms with Gasteiger partial charge in [0, 0.05) is 15.4 Å². The number of β-lactam (4-membered cyclic amide) rings is 1. The molecule has 12 nitrogen and oxygen atoms in total. The third kappa shape index (κ3) is 4.43. The van der Waals surface area contributed by atoms with Crippen molar-refractivity contribution in [3.05, 3.63) is 68.7 Å². The maximum absolute atomic E-state index is 13.4. The van der Waals surface area contributed by atoms with Gasteiger partial charge in [-0.1, -0.05) is 30.3 Å². The zero-order valence-electron chi connectivity index (χ0n) is 20.0. The fourth-order valence-electron chi connectivity index (χ4n) is 4.63. The van der Waals surface area contributed by atoms with E-state index < -0.39 is 63.2 Å². The highest BCUT2D eigenvalue weighted by molar-refractivity contribution is 9.10. The highest BCUT2D eigenvalue weighted by atomic mass is 79.9. The van der Waals surface area contributed by atoms with Crippen LogP contribution in [0.1, 0.15) is 35.9 Å². The van der Waals surface area contributed by atoms with Crippen LogP contribution < -0.4 is 16.2 Å². The summed E-state index contributed by atoms with van der Waals surface area (Å²) in [5.74, 6) is -3.23. The monoisotopic (exact) mass is 600 g/mol. The number of fused-ring (bicyclic) bond motifs is 2. The van der Waals surface area contributed by atoms with Crippen LogP contribution in [0.4, 0.5) is 0 Å². The zero-order chi connectivity index (χ0) is 27.4. The van der Waals surface area contributed by atoms with Crippen molar-refractivity contribution in [2.24, 2.45) is 0 Å². The molecule has 0 radical (unpaired) electrons. The van der Waals surface area contributed by atoms with Crippen LogP contribution in [-0.2, 0) is 14.4 Å². The molecule has 3 amide bonds. The molecule has 5 rings (SSSR count). The second-order valence-electron chi connectivity index (χ2n) is 9.34. The van der Waals surface area contributed by atoms with Crippen LogP contribution >= 0.6 is 27.7 Å². The Morgan fingerprint density at radius 2 is 1.92 bits per heavy atom. The molecule has 2 aromatic heterocycles. The van der Waals surface area contributed by atoms with Gasteiger partial charge in [0.05, 0.1) is 0 Å². The highest BCUT2D eigenvalue weighted by Crippen LogP contribution is 2.50. The van der Waals surface area contributed by atoms with E-state index in [2.05, 4.69) is 41.5 Å². The minimum absolute atomic E-state index is 0.191. The molecular formula is C24H21BrN6O6S. The van der Waals surface area contributed by atoms with Gasteiger partial charge in [-0.15, -0.1) is 11.8 Å². The van der Waals surface area contributed by atoms with Crippen LogP contribution in [-0.4, -0.2) is 70.9 Å². The highest BCUT2D eigenvalue weighted by Gasteiger charge is 2.64. The standard InChI is InChI=1S/C24H21BrN6O6S/c1-24(2)16(23(36)37)31-21(35)15(22(31)38-24)29-18(32)13(10-6-4-3-5-7-10)28-19(33)14-20(34)30-17-12(27-14)8-11(25)9-26-17/h3-9,13,15-16,22H,1-2H3,(H,28,33)(H,29,32)(H,36,37)(H,26,30,34)/t13?,15?,16-,22+/m0/s1. The van der Waals surface area contributed by atoms with Crippen molar-refractivity contribution in [3.63, 3.8) is 0 Å². The van der Waals surface area contributed by atoms with Gasteiger partial charge >= 0.3 is 5.97 Å². The van der Waals surface area contributed by atoms with Crippen LogP contribution in [0.5, 0.6) is 0 Å². The van der Waals surface area contributed by atoms with E-state index in [0.29, 0.717) is 10.0 Å². The molecule has 0 saturated carbocycles. The van der Waals surface area contributed by atoms with Gasteiger partial charge in [0.2, 0.25) is 11.8 Å². The van der Waals surface area contributed by atoms with Gasteiger partial charge < -0.3 is 25.6 Å². The van der Waals surface area contributed by atoms with Crippen molar-refractivity contribution in [1.82, 2.24) is 30.5 Å². The third-order valence-electron chi connectivity index (χ3n) is 6.37. The van der Waals surface area contributed by atoms with E-state index >= 15 is 0 Å². The quantitative estimate of drug-likeness (QED) is 0.303. The number of halogens is 1. The number of aromatic nitrogens is 3. The predicted octanol–water partition coefficient (Wildman–Crippen LogP) is 1.18. The minimum Gasteiger partial charge on any atom is -0.480 e. The summed E-state index contributed by atoms with van der Waals surface area (Å²) >= 11 is 4.55. The minimum atomic E-state index is -1.27. The van der Waals surface area contributed by atoms with E-state index in [1.807, 2.05) is 0 Å². The first kappa shape index (κ1) is 25.9. The topological polar surface area (TPSA) is 174 Å². The van der Waals surface area contributed by atoms with E-state index in [1.165, 1.54) is 22.9 Å². The Labute approximate surface area is 227 Å². The lowest BCUT2D eigenvalue weighted by Gasteiger charge is -2.44. The number of carboxylic acid groups (broad SMARTS) is 1. The number of pyridine rings is 1. The number of amides is 3. The van der Waals surface area contributed by atoms with Crippen LogP contribution in [0.15, 0.2) is 51.9 Å². The Morgan fingerprint density at radius 3 is 2.61 bits per heavy atom. The van der Waals surface area contributed by atoms with Gasteiger partial charge in [-0.05, 0) is 41.4 Å². The molecule has 2 saturated heterocycles. The van der Waals surface area contributed by atoms with Crippen LogP contribution in [0.3, 0.4) is 0 Å². The van der Waals surface area contributed by atoms with Crippen LogP contribution in [0.25, 0.3) is 11.2 Å². The summed E-state index contributed by atoms with van der Waals surface area (Å²) < 4.78 is -0.166. The molecule has 2 unspecified atom stereocenters. The molecule has 4 N–H and O–H groups in total. The first-order chi connectivity index (χ1) is 18.0. The van der Waals surface area contributed by atoms with Gasteiger partial charge in [-0.25, -0.2) is 14.8 Å². The first-order valence-electron chi connectivity index (χ1n) is 11.4. The summed E-state index contributed by atoms with van der Waals surface area (Å²) in [6.45, 7) is 3.46. The molecule has 3 aromatic rings. The molecule has 14 heteroatoms.